The number of benzene rings is 2. The van der Waals surface area contributed by atoms with E-state index >= 15 is 0 Å². The normalized spacial score (nSPS) is 15.3. The van der Waals surface area contributed by atoms with Crippen LogP contribution in [0.5, 0.6) is 5.75 Å². The molecule has 0 bridgehead atoms. The van der Waals surface area contributed by atoms with E-state index in [4.69, 9.17) is 10.5 Å². The van der Waals surface area contributed by atoms with Crippen molar-refractivity contribution in [3.8, 4) is 16.9 Å². The number of para-hydroxylation sites is 1. The van der Waals surface area contributed by atoms with Gasteiger partial charge in [0.2, 0.25) is 5.91 Å². The number of piperazine rings is 1. The van der Waals surface area contributed by atoms with Crippen molar-refractivity contribution in [2.24, 2.45) is 5.73 Å². The van der Waals surface area contributed by atoms with Crippen molar-refractivity contribution in [3.63, 3.8) is 0 Å². The van der Waals surface area contributed by atoms with Crippen molar-refractivity contribution >= 4 is 17.7 Å². The Balaban J connectivity index is 1.79. The molecule has 3 amide bonds. The van der Waals surface area contributed by atoms with E-state index in [-0.39, 0.29) is 18.4 Å². The number of nitrogens with zero attached hydrogens (tertiary/aromatic N) is 2. The van der Waals surface area contributed by atoms with Gasteiger partial charge in [-0.25, -0.2) is 0 Å². The molecule has 0 saturated carbocycles. The van der Waals surface area contributed by atoms with E-state index in [2.05, 4.69) is 0 Å². The lowest BCUT2D eigenvalue weighted by Gasteiger charge is -2.32. The average molecular weight is 381 g/mol. The maximum Gasteiger partial charge on any atom is 0.258 e. The molecule has 2 N–H and O–H groups in total. The largest absolute Gasteiger partial charge is 0.480 e. The first kappa shape index (κ1) is 19.4. The summed E-state index contributed by atoms with van der Waals surface area (Å²) in [7, 11) is 1.73. The van der Waals surface area contributed by atoms with Gasteiger partial charge >= 0.3 is 0 Å². The van der Waals surface area contributed by atoms with E-state index in [1.165, 1.54) is 0 Å². The van der Waals surface area contributed by atoms with E-state index in [0.717, 1.165) is 11.1 Å². The molecule has 0 spiro atoms. The number of nitrogens with two attached hydrogens (primary N) is 1. The number of ether oxygens (including phenoxy) is 1. The Bertz CT molecular complexity index is 895. The van der Waals surface area contributed by atoms with Gasteiger partial charge in [0.15, 0.2) is 6.10 Å². The maximum absolute atomic E-state index is 12.7. The minimum atomic E-state index is -0.753. The predicted octanol–water partition coefficient (Wildman–Crippen LogP) is 1.52. The number of amides is 3. The summed E-state index contributed by atoms with van der Waals surface area (Å²) in [5.41, 5.74) is 7.44. The van der Waals surface area contributed by atoms with Crippen LogP contribution in [0.2, 0.25) is 0 Å². The molecule has 1 aliphatic heterocycles. The van der Waals surface area contributed by atoms with Gasteiger partial charge in [-0.3, -0.25) is 14.4 Å². The highest BCUT2D eigenvalue weighted by Gasteiger charge is 2.25. The standard InChI is InChI=1S/C21H23N3O4/c1-14(20(22)26)28-18-6-4-3-5-17(18)15-7-9-16(10-8-15)21(27)24-12-11-23(2)19(25)13-24/h3-10,14H,11-13H2,1-2H3,(H2,22,26)/t14-/m0/s1. The first-order valence-electron chi connectivity index (χ1n) is 9.05. The molecule has 1 aliphatic rings. The Labute approximate surface area is 163 Å². The van der Waals surface area contributed by atoms with Crippen molar-refractivity contribution in [2.45, 2.75) is 13.0 Å². The van der Waals surface area contributed by atoms with Crippen molar-refractivity contribution in [1.29, 1.82) is 0 Å². The zero-order valence-corrected chi connectivity index (χ0v) is 15.9. The van der Waals surface area contributed by atoms with Crippen LogP contribution >= 0.6 is 0 Å². The van der Waals surface area contributed by atoms with Crippen molar-refractivity contribution in [2.75, 3.05) is 26.7 Å². The van der Waals surface area contributed by atoms with Gasteiger partial charge in [0.25, 0.3) is 11.8 Å². The van der Waals surface area contributed by atoms with Gasteiger partial charge in [-0.1, -0.05) is 30.3 Å². The fourth-order valence-corrected chi connectivity index (χ4v) is 2.96. The summed E-state index contributed by atoms with van der Waals surface area (Å²) < 4.78 is 5.66. The number of primary amides is 1. The Morgan fingerprint density at radius 1 is 1.07 bits per heavy atom. The molecule has 0 radical (unpaired) electrons. The summed E-state index contributed by atoms with van der Waals surface area (Å²) in [4.78, 5) is 39.0. The van der Waals surface area contributed by atoms with Crippen LogP contribution in [-0.4, -0.2) is 60.3 Å². The Morgan fingerprint density at radius 2 is 1.75 bits per heavy atom. The number of hydrogen-bond donors (Lipinski definition) is 1. The van der Waals surface area contributed by atoms with Gasteiger partial charge in [0, 0.05) is 31.3 Å². The monoisotopic (exact) mass is 381 g/mol. The molecule has 7 heteroatoms. The first-order valence-corrected chi connectivity index (χ1v) is 9.05. The molecule has 2 aromatic carbocycles. The zero-order valence-electron chi connectivity index (χ0n) is 15.9. The molecule has 0 aliphatic carbocycles. The SMILES string of the molecule is C[C@H](Oc1ccccc1-c1ccc(C(=O)N2CCN(C)C(=O)C2)cc1)C(N)=O. The molecular weight excluding hydrogens is 358 g/mol. The fourth-order valence-electron chi connectivity index (χ4n) is 2.96. The fraction of sp³-hybridized carbons (Fsp3) is 0.286. The smallest absolute Gasteiger partial charge is 0.258 e. The van der Waals surface area contributed by atoms with E-state index < -0.39 is 12.0 Å². The van der Waals surface area contributed by atoms with E-state index in [9.17, 15) is 14.4 Å². The second-order valence-corrected chi connectivity index (χ2v) is 6.78. The lowest BCUT2D eigenvalue weighted by Crippen LogP contribution is -2.50. The van der Waals surface area contributed by atoms with Crippen molar-refractivity contribution < 1.29 is 19.1 Å². The van der Waals surface area contributed by atoms with E-state index in [1.807, 2.05) is 30.3 Å². The van der Waals surface area contributed by atoms with Crippen LogP contribution < -0.4 is 10.5 Å². The first-order chi connectivity index (χ1) is 13.4. The van der Waals surface area contributed by atoms with Crippen LogP contribution in [0.4, 0.5) is 0 Å². The third kappa shape index (κ3) is 4.14. The number of carbonyl (C=O) groups is 3. The maximum atomic E-state index is 12.7. The molecule has 1 heterocycles. The van der Waals surface area contributed by atoms with Gasteiger partial charge < -0.3 is 20.3 Å². The average Bonchev–Trinajstić information content (AvgIpc) is 2.70. The molecule has 146 valence electrons. The van der Waals surface area contributed by atoms with Crippen LogP contribution in [0.15, 0.2) is 48.5 Å². The Morgan fingerprint density at radius 3 is 2.39 bits per heavy atom. The van der Waals surface area contributed by atoms with Gasteiger partial charge in [0.1, 0.15) is 12.3 Å². The highest BCUT2D eigenvalue weighted by Crippen LogP contribution is 2.30. The molecule has 2 aromatic rings. The minimum absolute atomic E-state index is 0.0640. The second kappa shape index (κ2) is 8.12. The zero-order chi connectivity index (χ0) is 20.3. The summed E-state index contributed by atoms with van der Waals surface area (Å²) in [5.74, 6) is -0.235. The quantitative estimate of drug-likeness (QED) is 0.850. The summed E-state index contributed by atoms with van der Waals surface area (Å²) in [5, 5.41) is 0. The molecule has 7 nitrogen and oxygen atoms in total. The number of rotatable bonds is 5. The van der Waals surface area contributed by atoms with Gasteiger partial charge in [0.05, 0.1) is 0 Å². The summed E-state index contributed by atoms with van der Waals surface area (Å²) in [6.45, 7) is 2.74. The highest BCUT2D eigenvalue weighted by molar-refractivity contribution is 5.97. The van der Waals surface area contributed by atoms with Crippen molar-refractivity contribution in [3.05, 3.63) is 54.1 Å². The highest BCUT2D eigenvalue weighted by atomic mass is 16.5. The van der Waals surface area contributed by atoms with Crippen LogP contribution in [0.3, 0.4) is 0 Å². The molecule has 1 saturated heterocycles. The lowest BCUT2D eigenvalue weighted by molar-refractivity contribution is -0.133. The van der Waals surface area contributed by atoms with Gasteiger partial charge in [-0.05, 0) is 30.7 Å². The third-order valence-electron chi connectivity index (χ3n) is 4.78. The molecular formula is C21H23N3O4. The lowest BCUT2D eigenvalue weighted by atomic mass is 10.0. The summed E-state index contributed by atoms with van der Waals surface area (Å²) in [6, 6.07) is 14.4. The summed E-state index contributed by atoms with van der Waals surface area (Å²) >= 11 is 0. The number of likely N-dealkylation sites (N-methyl/N-ethyl adjacent to an activating group) is 1. The Kier molecular flexibility index (Phi) is 5.63. The number of carbonyl (C=O) groups excluding carboxylic acids is 3. The summed E-state index contributed by atoms with van der Waals surface area (Å²) in [6.07, 6.45) is -0.753. The molecule has 1 atom stereocenters. The van der Waals surface area contributed by atoms with E-state index in [0.29, 0.717) is 24.4 Å². The predicted molar refractivity (Wildman–Crippen MR) is 105 cm³/mol. The second-order valence-electron chi connectivity index (χ2n) is 6.78. The van der Waals surface area contributed by atoms with Crippen LogP contribution in [-0.2, 0) is 9.59 Å². The van der Waals surface area contributed by atoms with E-state index in [1.54, 1.807) is 42.0 Å². The molecule has 3 rings (SSSR count). The molecule has 0 aromatic heterocycles. The van der Waals surface area contributed by atoms with Crippen molar-refractivity contribution in [1.82, 2.24) is 9.80 Å². The van der Waals surface area contributed by atoms with Crippen LogP contribution in [0.25, 0.3) is 11.1 Å². The molecule has 0 unspecified atom stereocenters. The Hall–Kier alpha value is -3.35. The van der Waals surface area contributed by atoms with Gasteiger partial charge in [-0.2, -0.15) is 0 Å². The van der Waals surface area contributed by atoms with Crippen LogP contribution in [0.1, 0.15) is 17.3 Å². The minimum Gasteiger partial charge on any atom is -0.480 e. The molecule has 1 fully saturated rings. The molecule has 28 heavy (non-hydrogen) atoms. The van der Waals surface area contributed by atoms with Crippen LogP contribution in [0, 0.1) is 0 Å². The third-order valence-corrected chi connectivity index (χ3v) is 4.78. The van der Waals surface area contributed by atoms with Gasteiger partial charge in [-0.15, -0.1) is 0 Å². The number of hydrogen-bond acceptors (Lipinski definition) is 4. The topological polar surface area (TPSA) is 92.9 Å².